The first kappa shape index (κ1) is 14.5. The quantitative estimate of drug-likeness (QED) is 0.857. The molecule has 2 N–H and O–H groups in total. The van der Waals surface area contributed by atoms with Crippen LogP contribution in [0.5, 0.6) is 0 Å². The molecular weight excluding hydrogens is 238 g/mol. The van der Waals surface area contributed by atoms with Gasteiger partial charge in [-0.3, -0.25) is 4.90 Å². The molecule has 106 valence electrons. The van der Waals surface area contributed by atoms with Crippen LogP contribution in [0.15, 0.2) is 30.3 Å². The van der Waals surface area contributed by atoms with E-state index in [-0.39, 0.29) is 12.6 Å². The third-order valence-electron chi connectivity index (χ3n) is 4.08. The van der Waals surface area contributed by atoms with Crippen molar-refractivity contribution < 1.29 is 10.2 Å². The average Bonchev–Trinajstić information content (AvgIpc) is 2.70. The minimum absolute atomic E-state index is 0.238. The van der Waals surface area contributed by atoms with Gasteiger partial charge < -0.3 is 10.2 Å². The van der Waals surface area contributed by atoms with E-state index in [1.54, 1.807) is 0 Å². The maximum Gasteiger partial charge on any atom is 0.0802 e. The molecule has 0 spiro atoms. The summed E-state index contributed by atoms with van der Waals surface area (Å²) in [6.45, 7) is 2.15. The lowest BCUT2D eigenvalue weighted by Gasteiger charge is -2.29. The van der Waals surface area contributed by atoms with Crippen molar-refractivity contribution >= 4 is 0 Å². The first-order valence-corrected chi connectivity index (χ1v) is 7.39. The first-order chi connectivity index (χ1) is 9.31. The van der Waals surface area contributed by atoms with Crippen molar-refractivity contribution in [3.05, 3.63) is 35.9 Å². The van der Waals surface area contributed by atoms with E-state index in [0.29, 0.717) is 0 Å². The van der Waals surface area contributed by atoms with E-state index in [1.807, 2.05) is 30.3 Å². The van der Waals surface area contributed by atoms with Gasteiger partial charge in [-0.25, -0.2) is 0 Å². The minimum atomic E-state index is -0.399. The van der Waals surface area contributed by atoms with Crippen LogP contribution < -0.4 is 0 Å². The molecule has 3 nitrogen and oxygen atoms in total. The van der Waals surface area contributed by atoms with Gasteiger partial charge in [-0.15, -0.1) is 0 Å². The second-order valence-electron chi connectivity index (χ2n) is 5.44. The molecule has 0 aliphatic carbocycles. The van der Waals surface area contributed by atoms with Crippen molar-refractivity contribution in [2.45, 2.75) is 44.2 Å². The number of benzene rings is 1. The summed E-state index contributed by atoms with van der Waals surface area (Å²) in [5, 5.41) is 19.7. The van der Waals surface area contributed by atoms with Crippen LogP contribution in [-0.4, -0.2) is 40.9 Å². The Bertz CT molecular complexity index is 355. The molecule has 1 fully saturated rings. The van der Waals surface area contributed by atoms with E-state index in [9.17, 15) is 10.2 Å². The van der Waals surface area contributed by atoms with E-state index >= 15 is 0 Å². The summed E-state index contributed by atoms with van der Waals surface area (Å²) in [5.74, 6) is 0. The summed E-state index contributed by atoms with van der Waals surface area (Å²) < 4.78 is 0. The average molecular weight is 263 g/mol. The van der Waals surface area contributed by atoms with Crippen LogP contribution in [0.2, 0.25) is 0 Å². The number of hydrogen-bond acceptors (Lipinski definition) is 3. The van der Waals surface area contributed by atoms with Gasteiger partial charge in [-0.1, -0.05) is 43.2 Å². The van der Waals surface area contributed by atoms with E-state index < -0.39 is 6.10 Å². The Hall–Kier alpha value is -0.900. The highest BCUT2D eigenvalue weighted by Crippen LogP contribution is 2.20. The topological polar surface area (TPSA) is 43.7 Å². The molecule has 1 aromatic rings. The van der Waals surface area contributed by atoms with Gasteiger partial charge in [0.25, 0.3) is 0 Å². The summed E-state index contributed by atoms with van der Waals surface area (Å²) in [6, 6.07) is 10.1. The molecule has 2 rings (SSSR count). The zero-order chi connectivity index (χ0) is 13.5. The molecule has 0 amide bonds. The molecule has 19 heavy (non-hydrogen) atoms. The Morgan fingerprint density at radius 1 is 1.16 bits per heavy atom. The van der Waals surface area contributed by atoms with Gasteiger partial charge in [0.2, 0.25) is 0 Å². The molecule has 1 aliphatic heterocycles. The number of rotatable bonds is 5. The number of aliphatic hydroxyl groups is 2. The van der Waals surface area contributed by atoms with Crippen LogP contribution in [0.25, 0.3) is 0 Å². The molecule has 1 aromatic carbocycles. The van der Waals surface area contributed by atoms with Crippen LogP contribution in [0, 0.1) is 0 Å². The van der Waals surface area contributed by atoms with Gasteiger partial charge in [0.1, 0.15) is 0 Å². The molecule has 2 unspecified atom stereocenters. The fraction of sp³-hybridized carbons (Fsp3) is 0.625. The predicted molar refractivity (Wildman–Crippen MR) is 76.9 cm³/mol. The van der Waals surface area contributed by atoms with E-state index in [1.165, 1.54) is 19.3 Å². The standard InChI is InChI=1S/C16H25NO2/c18-13-15-9-5-2-6-11-17(15)12-10-16(19)14-7-3-1-4-8-14/h1,3-4,7-8,15-16,18-19H,2,5-6,9-13H2. The van der Waals surface area contributed by atoms with Gasteiger partial charge in [0.05, 0.1) is 12.7 Å². The normalized spacial score (nSPS) is 22.9. The van der Waals surface area contributed by atoms with Gasteiger partial charge in [-0.05, 0) is 31.4 Å². The molecule has 0 aromatic heterocycles. The third-order valence-corrected chi connectivity index (χ3v) is 4.08. The lowest BCUT2D eigenvalue weighted by atomic mass is 10.1. The van der Waals surface area contributed by atoms with E-state index in [0.717, 1.165) is 31.5 Å². The van der Waals surface area contributed by atoms with Crippen molar-refractivity contribution in [2.24, 2.45) is 0 Å². The molecule has 1 heterocycles. The fourth-order valence-corrected chi connectivity index (χ4v) is 2.87. The van der Waals surface area contributed by atoms with Crippen molar-refractivity contribution in [3.8, 4) is 0 Å². The summed E-state index contributed by atoms with van der Waals surface area (Å²) in [7, 11) is 0. The number of likely N-dealkylation sites (tertiary alicyclic amines) is 1. The summed E-state index contributed by atoms with van der Waals surface area (Å²) in [4.78, 5) is 2.35. The van der Waals surface area contributed by atoms with Gasteiger partial charge >= 0.3 is 0 Å². The SMILES string of the molecule is OCC1CCCCCN1CCC(O)c1ccccc1. The Morgan fingerprint density at radius 3 is 2.68 bits per heavy atom. The maximum absolute atomic E-state index is 10.2. The molecule has 0 bridgehead atoms. The number of nitrogens with zero attached hydrogens (tertiary/aromatic N) is 1. The minimum Gasteiger partial charge on any atom is -0.395 e. The molecule has 1 aliphatic rings. The van der Waals surface area contributed by atoms with Crippen LogP contribution in [0.3, 0.4) is 0 Å². The van der Waals surface area contributed by atoms with Crippen LogP contribution in [0.4, 0.5) is 0 Å². The highest BCUT2D eigenvalue weighted by atomic mass is 16.3. The highest BCUT2D eigenvalue weighted by molar-refractivity contribution is 5.17. The largest absolute Gasteiger partial charge is 0.395 e. The summed E-state index contributed by atoms with van der Waals surface area (Å²) in [6.07, 6.45) is 5.09. The first-order valence-electron chi connectivity index (χ1n) is 7.39. The van der Waals surface area contributed by atoms with E-state index in [2.05, 4.69) is 4.90 Å². The second kappa shape index (κ2) is 7.63. The van der Waals surface area contributed by atoms with Gasteiger partial charge in [-0.2, -0.15) is 0 Å². The lowest BCUT2D eigenvalue weighted by molar-refractivity contribution is 0.0947. The second-order valence-corrected chi connectivity index (χ2v) is 5.44. The number of hydrogen-bond donors (Lipinski definition) is 2. The third kappa shape index (κ3) is 4.30. The Morgan fingerprint density at radius 2 is 1.95 bits per heavy atom. The van der Waals surface area contributed by atoms with E-state index in [4.69, 9.17) is 0 Å². The van der Waals surface area contributed by atoms with Crippen molar-refractivity contribution in [1.82, 2.24) is 4.90 Å². The fourth-order valence-electron chi connectivity index (χ4n) is 2.87. The highest BCUT2D eigenvalue weighted by Gasteiger charge is 2.20. The maximum atomic E-state index is 10.2. The van der Waals surface area contributed by atoms with Crippen LogP contribution >= 0.6 is 0 Å². The van der Waals surface area contributed by atoms with Crippen LogP contribution in [0.1, 0.15) is 43.8 Å². The number of aliphatic hydroxyl groups excluding tert-OH is 2. The van der Waals surface area contributed by atoms with Gasteiger partial charge in [0.15, 0.2) is 0 Å². The summed E-state index contributed by atoms with van der Waals surface area (Å²) in [5.41, 5.74) is 0.984. The Labute approximate surface area is 115 Å². The Kier molecular flexibility index (Phi) is 5.83. The smallest absolute Gasteiger partial charge is 0.0802 e. The summed E-state index contributed by atoms with van der Waals surface area (Å²) >= 11 is 0. The van der Waals surface area contributed by atoms with Gasteiger partial charge in [0, 0.05) is 12.6 Å². The van der Waals surface area contributed by atoms with Crippen molar-refractivity contribution in [3.63, 3.8) is 0 Å². The Balaban J connectivity index is 1.86. The molecule has 0 radical (unpaired) electrons. The van der Waals surface area contributed by atoms with Crippen LogP contribution in [-0.2, 0) is 0 Å². The molecule has 1 saturated heterocycles. The van der Waals surface area contributed by atoms with Crippen molar-refractivity contribution in [1.29, 1.82) is 0 Å². The molecule has 0 saturated carbocycles. The zero-order valence-corrected chi connectivity index (χ0v) is 11.5. The molecule has 2 atom stereocenters. The zero-order valence-electron chi connectivity index (χ0n) is 11.5. The lowest BCUT2D eigenvalue weighted by Crippen LogP contribution is -2.38. The molecular formula is C16H25NO2. The predicted octanol–water partition coefficient (Wildman–Crippen LogP) is 2.35. The monoisotopic (exact) mass is 263 g/mol. The van der Waals surface area contributed by atoms with Crippen molar-refractivity contribution in [2.75, 3.05) is 19.7 Å². The molecule has 3 heteroatoms.